The van der Waals surface area contributed by atoms with Gasteiger partial charge >= 0.3 is 5.97 Å². The molecule has 0 radical (unpaired) electrons. The van der Waals surface area contributed by atoms with Gasteiger partial charge in [-0.1, -0.05) is 6.07 Å². The average molecular weight is 275 g/mol. The summed E-state index contributed by atoms with van der Waals surface area (Å²) >= 11 is 0. The van der Waals surface area contributed by atoms with Crippen LogP contribution in [0.3, 0.4) is 0 Å². The molecule has 0 N–H and O–H groups in total. The number of carbonyl (C=O) groups excluding carboxylic acids is 2. The van der Waals surface area contributed by atoms with Gasteiger partial charge in [0.05, 0.1) is 18.2 Å². The van der Waals surface area contributed by atoms with Crippen molar-refractivity contribution in [2.24, 2.45) is 5.41 Å². The zero-order valence-electron chi connectivity index (χ0n) is 11.8. The summed E-state index contributed by atoms with van der Waals surface area (Å²) in [6.07, 6.45) is 0. The fraction of sp³-hybridized carbons (Fsp3) is 0.400. The number of rotatable bonds is 6. The maximum Gasteiger partial charge on any atom is 0.319 e. The van der Waals surface area contributed by atoms with Crippen LogP contribution in [0.1, 0.15) is 26.3 Å². The molecule has 1 rings (SSSR count). The Morgan fingerprint density at radius 2 is 2.05 bits per heavy atom. The van der Waals surface area contributed by atoms with E-state index in [1.807, 2.05) is 6.07 Å². The van der Waals surface area contributed by atoms with Crippen LogP contribution in [0.4, 0.5) is 0 Å². The minimum absolute atomic E-state index is 0.223. The van der Waals surface area contributed by atoms with Gasteiger partial charge < -0.3 is 9.47 Å². The minimum Gasteiger partial charge on any atom is -0.486 e. The number of ketones is 1. The van der Waals surface area contributed by atoms with Gasteiger partial charge in [0.1, 0.15) is 17.8 Å². The number of hydrogen-bond donors (Lipinski definition) is 0. The number of nitriles is 1. The monoisotopic (exact) mass is 275 g/mol. The molecule has 1 aromatic carbocycles. The summed E-state index contributed by atoms with van der Waals surface area (Å²) in [5, 5.41) is 8.77. The first kappa shape index (κ1) is 15.7. The van der Waals surface area contributed by atoms with Crippen LogP contribution in [-0.2, 0) is 14.3 Å². The second-order valence-electron chi connectivity index (χ2n) is 4.70. The van der Waals surface area contributed by atoms with E-state index in [0.717, 1.165) is 0 Å². The highest BCUT2D eigenvalue weighted by Crippen LogP contribution is 2.20. The van der Waals surface area contributed by atoms with Crippen molar-refractivity contribution in [1.29, 1.82) is 5.26 Å². The Hall–Kier alpha value is -2.35. The summed E-state index contributed by atoms with van der Waals surface area (Å²) < 4.78 is 10.2. The molecule has 0 fully saturated rings. The topological polar surface area (TPSA) is 76.4 Å². The van der Waals surface area contributed by atoms with Gasteiger partial charge in [-0.25, -0.2) is 0 Å². The van der Waals surface area contributed by atoms with E-state index in [0.29, 0.717) is 11.3 Å². The molecule has 5 nitrogen and oxygen atoms in total. The lowest BCUT2D eigenvalue weighted by Gasteiger charge is -2.20. The van der Waals surface area contributed by atoms with E-state index >= 15 is 0 Å². The summed E-state index contributed by atoms with van der Waals surface area (Å²) in [6, 6.07) is 8.46. The number of esters is 1. The van der Waals surface area contributed by atoms with Crippen molar-refractivity contribution in [3.05, 3.63) is 29.8 Å². The number of benzene rings is 1. The van der Waals surface area contributed by atoms with Gasteiger partial charge in [0, 0.05) is 0 Å². The zero-order valence-corrected chi connectivity index (χ0v) is 11.8. The van der Waals surface area contributed by atoms with Gasteiger partial charge in [-0.3, -0.25) is 9.59 Å². The third kappa shape index (κ3) is 3.82. The molecular weight excluding hydrogens is 258 g/mol. The van der Waals surface area contributed by atoms with Gasteiger partial charge in [0.15, 0.2) is 5.78 Å². The van der Waals surface area contributed by atoms with Crippen LogP contribution >= 0.6 is 0 Å². The summed E-state index contributed by atoms with van der Waals surface area (Å²) in [5.74, 6) is -0.533. The number of hydrogen-bond acceptors (Lipinski definition) is 5. The maximum atomic E-state index is 12.0. The summed E-state index contributed by atoms with van der Waals surface area (Å²) in [4.78, 5) is 23.7. The lowest BCUT2D eigenvalue weighted by Crippen LogP contribution is -2.38. The Labute approximate surface area is 118 Å². The highest BCUT2D eigenvalue weighted by molar-refractivity contribution is 6.03. The predicted molar refractivity (Wildman–Crippen MR) is 72.1 cm³/mol. The lowest BCUT2D eigenvalue weighted by atomic mass is 9.88. The van der Waals surface area contributed by atoms with E-state index < -0.39 is 11.4 Å². The highest BCUT2D eigenvalue weighted by Gasteiger charge is 2.37. The van der Waals surface area contributed by atoms with E-state index in [4.69, 9.17) is 14.7 Å². The Morgan fingerprint density at radius 1 is 1.35 bits per heavy atom. The molecule has 0 spiro atoms. The molecule has 0 heterocycles. The molecule has 1 aromatic rings. The predicted octanol–water partition coefficient (Wildman–Crippen LogP) is 2.10. The van der Waals surface area contributed by atoms with E-state index in [9.17, 15) is 9.59 Å². The third-order valence-corrected chi connectivity index (χ3v) is 2.82. The van der Waals surface area contributed by atoms with Gasteiger partial charge in [0.2, 0.25) is 0 Å². The van der Waals surface area contributed by atoms with Gasteiger partial charge in [0.25, 0.3) is 0 Å². The van der Waals surface area contributed by atoms with Gasteiger partial charge in [-0.15, -0.1) is 0 Å². The molecule has 0 unspecified atom stereocenters. The molecular formula is C15H17NO4. The highest BCUT2D eigenvalue weighted by atomic mass is 16.5. The summed E-state index contributed by atoms with van der Waals surface area (Å²) in [7, 11) is 0. The van der Waals surface area contributed by atoms with Crippen LogP contribution in [0.5, 0.6) is 5.75 Å². The van der Waals surface area contributed by atoms with Crippen LogP contribution < -0.4 is 4.74 Å². The molecule has 0 bridgehead atoms. The van der Waals surface area contributed by atoms with Crippen molar-refractivity contribution in [2.75, 3.05) is 13.2 Å². The number of ether oxygens (including phenoxy) is 2. The smallest absolute Gasteiger partial charge is 0.319 e. The fourth-order valence-corrected chi connectivity index (χ4v) is 1.41. The molecule has 0 aromatic heterocycles. The summed E-state index contributed by atoms with van der Waals surface area (Å²) in [6.45, 7) is 4.66. The lowest BCUT2D eigenvalue weighted by molar-refractivity contribution is -0.158. The van der Waals surface area contributed by atoms with Crippen molar-refractivity contribution in [3.63, 3.8) is 0 Å². The Bertz CT molecular complexity index is 543. The first-order chi connectivity index (χ1) is 9.41. The molecule has 5 heteroatoms. The van der Waals surface area contributed by atoms with Crippen molar-refractivity contribution in [3.8, 4) is 11.8 Å². The summed E-state index contributed by atoms with van der Waals surface area (Å²) in [5.41, 5.74) is -0.803. The first-order valence-electron chi connectivity index (χ1n) is 6.25. The number of carbonyl (C=O) groups is 2. The van der Waals surface area contributed by atoms with Crippen molar-refractivity contribution < 1.29 is 19.1 Å². The Morgan fingerprint density at radius 3 is 2.65 bits per heavy atom. The first-order valence-corrected chi connectivity index (χ1v) is 6.25. The molecule has 20 heavy (non-hydrogen) atoms. The third-order valence-electron chi connectivity index (χ3n) is 2.82. The minimum atomic E-state index is -1.25. The number of Topliss-reactive ketones (excluding diaryl/α,β-unsaturated/α-hetero) is 1. The van der Waals surface area contributed by atoms with E-state index in [1.165, 1.54) is 19.9 Å². The van der Waals surface area contributed by atoms with Gasteiger partial charge in [-0.2, -0.15) is 5.26 Å². The molecule has 0 saturated carbocycles. The molecule has 0 saturated heterocycles. The molecule has 0 atom stereocenters. The van der Waals surface area contributed by atoms with Crippen LogP contribution in [0.25, 0.3) is 0 Å². The van der Waals surface area contributed by atoms with Crippen molar-refractivity contribution in [1.82, 2.24) is 0 Å². The fourth-order valence-electron chi connectivity index (χ4n) is 1.41. The maximum absolute atomic E-state index is 12.0. The Balaban J connectivity index is 2.67. The number of nitrogens with zero attached hydrogens (tertiary/aromatic N) is 1. The van der Waals surface area contributed by atoms with Crippen LogP contribution in [0.2, 0.25) is 0 Å². The van der Waals surface area contributed by atoms with E-state index in [-0.39, 0.29) is 19.0 Å². The van der Waals surface area contributed by atoms with Crippen LogP contribution in [-0.4, -0.2) is 25.0 Å². The molecule has 0 amide bonds. The SMILES string of the molecule is CCOC(=O)C(C)(C)C(=O)COc1cccc(C#N)c1. The normalized spacial score (nSPS) is 10.5. The second kappa shape index (κ2) is 6.71. The zero-order chi connectivity index (χ0) is 15.2. The van der Waals surface area contributed by atoms with Gasteiger partial charge in [-0.05, 0) is 39.0 Å². The van der Waals surface area contributed by atoms with Crippen LogP contribution in [0, 0.1) is 16.7 Å². The van der Waals surface area contributed by atoms with E-state index in [1.54, 1.807) is 25.1 Å². The Kier molecular flexibility index (Phi) is 5.27. The largest absolute Gasteiger partial charge is 0.486 e. The molecule has 106 valence electrons. The average Bonchev–Trinajstić information content (AvgIpc) is 2.45. The van der Waals surface area contributed by atoms with Crippen molar-refractivity contribution in [2.45, 2.75) is 20.8 Å². The quantitative estimate of drug-likeness (QED) is 0.587. The van der Waals surface area contributed by atoms with Crippen LogP contribution in [0.15, 0.2) is 24.3 Å². The van der Waals surface area contributed by atoms with Crippen molar-refractivity contribution >= 4 is 11.8 Å². The van der Waals surface area contributed by atoms with E-state index in [2.05, 4.69) is 0 Å². The second-order valence-corrected chi connectivity index (χ2v) is 4.70. The standard InChI is InChI=1S/C15H17NO4/c1-4-19-14(18)15(2,3)13(17)10-20-12-7-5-6-11(8-12)9-16/h5-8H,4,10H2,1-3H3. The molecule has 0 aliphatic heterocycles. The molecule has 0 aliphatic rings. The molecule has 0 aliphatic carbocycles.